The van der Waals surface area contributed by atoms with Gasteiger partial charge in [0, 0.05) is 6.20 Å². The number of aromatic nitrogens is 3. The highest BCUT2D eigenvalue weighted by Gasteiger charge is 2.45. The second-order valence-corrected chi connectivity index (χ2v) is 7.04. The molecule has 1 fully saturated rings. The number of nitrogens with zero attached hydrogens (tertiary/aromatic N) is 3. The number of aliphatic hydroxyl groups excluding tert-OH is 2. The van der Waals surface area contributed by atoms with Crippen LogP contribution in [-0.2, 0) is 4.74 Å². The first kappa shape index (κ1) is 15.2. The van der Waals surface area contributed by atoms with Crippen molar-refractivity contribution in [1.29, 1.82) is 0 Å². The van der Waals surface area contributed by atoms with Crippen molar-refractivity contribution in [3.05, 3.63) is 18.6 Å². The Morgan fingerprint density at radius 3 is 2.68 bits per heavy atom. The van der Waals surface area contributed by atoms with E-state index in [2.05, 4.69) is 30.7 Å². The fraction of sp³-hybridized carbons (Fsp3) is 0.600. The quantitative estimate of drug-likeness (QED) is 0.766. The van der Waals surface area contributed by atoms with Gasteiger partial charge in [-0.3, -0.25) is 4.57 Å². The summed E-state index contributed by atoms with van der Waals surface area (Å²) in [5.74, 6) is 0. The summed E-state index contributed by atoms with van der Waals surface area (Å²) < 4.78 is 7.52. The standard InChI is InChI=1S/C15H22N4O3/c1-15(2,3)6-9-11(20)12(21)14(22-9)19-7-18-10-8(16)4-5-17-13(10)19/h4-5,7,9,11-12,14,20-21H,6H2,1-3H3,(H2,16,17). The maximum Gasteiger partial charge on any atom is 0.165 e. The maximum absolute atomic E-state index is 10.3. The van der Waals surface area contributed by atoms with Crippen LogP contribution in [0.1, 0.15) is 33.4 Å². The lowest BCUT2D eigenvalue weighted by Crippen LogP contribution is -2.33. The number of hydrogen-bond acceptors (Lipinski definition) is 6. The number of rotatable bonds is 2. The van der Waals surface area contributed by atoms with Gasteiger partial charge in [0.2, 0.25) is 0 Å². The zero-order chi connectivity index (χ0) is 16.1. The molecule has 0 saturated carbocycles. The largest absolute Gasteiger partial charge is 0.397 e. The molecule has 4 N–H and O–H groups in total. The van der Waals surface area contributed by atoms with Crippen molar-refractivity contribution in [3.63, 3.8) is 0 Å². The number of nitrogens with two attached hydrogens (primary N) is 1. The van der Waals surface area contributed by atoms with Crippen LogP contribution in [0.5, 0.6) is 0 Å². The Hall–Kier alpha value is -1.70. The van der Waals surface area contributed by atoms with Crippen molar-refractivity contribution >= 4 is 16.9 Å². The van der Waals surface area contributed by atoms with Crippen LogP contribution in [0.2, 0.25) is 0 Å². The fourth-order valence-corrected chi connectivity index (χ4v) is 2.87. The molecule has 1 aliphatic heterocycles. The molecule has 1 saturated heterocycles. The lowest BCUT2D eigenvalue weighted by molar-refractivity contribution is -0.0456. The smallest absolute Gasteiger partial charge is 0.165 e. The molecule has 4 unspecified atom stereocenters. The summed E-state index contributed by atoms with van der Waals surface area (Å²) >= 11 is 0. The van der Waals surface area contributed by atoms with E-state index >= 15 is 0 Å². The lowest BCUT2D eigenvalue weighted by Gasteiger charge is -2.24. The number of nitrogen functional groups attached to an aromatic ring is 1. The summed E-state index contributed by atoms with van der Waals surface area (Å²) in [6, 6.07) is 1.67. The van der Waals surface area contributed by atoms with E-state index in [0.717, 1.165) is 0 Å². The zero-order valence-corrected chi connectivity index (χ0v) is 13.0. The Kier molecular flexibility index (Phi) is 3.58. The van der Waals surface area contributed by atoms with Crippen LogP contribution in [0, 0.1) is 5.41 Å². The van der Waals surface area contributed by atoms with Crippen molar-refractivity contribution in [2.45, 2.75) is 51.7 Å². The van der Waals surface area contributed by atoms with Gasteiger partial charge in [0.15, 0.2) is 11.9 Å². The van der Waals surface area contributed by atoms with Crippen molar-refractivity contribution in [2.24, 2.45) is 5.41 Å². The third-order valence-corrected chi connectivity index (χ3v) is 3.92. The summed E-state index contributed by atoms with van der Waals surface area (Å²) in [7, 11) is 0. The minimum absolute atomic E-state index is 0.0139. The first-order valence-corrected chi connectivity index (χ1v) is 7.36. The summed E-state index contributed by atoms with van der Waals surface area (Å²) in [5, 5.41) is 20.6. The zero-order valence-electron chi connectivity index (χ0n) is 13.0. The first-order chi connectivity index (χ1) is 10.3. The average molecular weight is 306 g/mol. The highest BCUT2D eigenvalue weighted by molar-refractivity contribution is 5.83. The molecule has 0 bridgehead atoms. The Labute approximate surface area is 128 Å². The van der Waals surface area contributed by atoms with E-state index in [9.17, 15) is 10.2 Å². The van der Waals surface area contributed by atoms with Crippen LogP contribution in [0.4, 0.5) is 5.69 Å². The summed E-state index contributed by atoms with van der Waals surface area (Å²) in [4.78, 5) is 8.48. The number of fused-ring (bicyclic) bond motifs is 1. The van der Waals surface area contributed by atoms with E-state index in [1.165, 1.54) is 6.33 Å². The van der Waals surface area contributed by atoms with Crippen LogP contribution in [0.25, 0.3) is 11.2 Å². The SMILES string of the molecule is CC(C)(C)CC1OC(n2cnc3c(N)ccnc32)C(O)C1O. The maximum atomic E-state index is 10.3. The molecule has 0 amide bonds. The molecule has 0 radical (unpaired) electrons. The third kappa shape index (κ3) is 2.55. The summed E-state index contributed by atoms with van der Waals surface area (Å²) in [6.45, 7) is 6.20. The van der Waals surface area contributed by atoms with E-state index < -0.39 is 24.5 Å². The predicted octanol–water partition coefficient (Wildman–Crippen LogP) is 1.07. The van der Waals surface area contributed by atoms with Gasteiger partial charge in [-0.25, -0.2) is 9.97 Å². The fourth-order valence-electron chi connectivity index (χ4n) is 2.87. The van der Waals surface area contributed by atoms with Crippen LogP contribution in [0.15, 0.2) is 18.6 Å². The van der Waals surface area contributed by atoms with Crippen molar-refractivity contribution in [1.82, 2.24) is 14.5 Å². The second-order valence-electron chi connectivity index (χ2n) is 7.04. The molecule has 2 aromatic heterocycles. The van der Waals surface area contributed by atoms with Gasteiger partial charge in [0.25, 0.3) is 0 Å². The van der Waals surface area contributed by atoms with Gasteiger partial charge >= 0.3 is 0 Å². The molecule has 0 aliphatic carbocycles. The highest BCUT2D eigenvalue weighted by Crippen LogP contribution is 2.36. The van der Waals surface area contributed by atoms with Crippen LogP contribution < -0.4 is 5.73 Å². The molecule has 3 rings (SSSR count). The van der Waals surface area contributed by atoms with E-state index in [1.807, 2.05) is 0 Å². The Morgan fingerprint density at radius 2 is 2.00 bits per heavy atom. The van der Waals surface area contributed by atoms with Gasteiger partial charge in [0.1, 0.15) is 17.7 Å². The number of hydrogen-bond donors (Lipinski definition) is 3. The minimum atomic E-state index is -1.03. The number of anilines is 1. The average Bonchev–Trinajstić information content (AvgIpc) is 2.95. The number of pyridine rings is 1. The molecular formula is C15H22N4O3. The third-order valence-electron chi connectivity index (χ3n) is 3.92. The molecule has 4 atom stereocenters. The topological polar surface area (TPSA) is 106 Å². The van der Waals surface area contributed by atoms with Crippen molar-refractivity contribution in [2.75, 3.05) is 5.73 Å². The predicted molar refractivity (Wildman–Crippen MR) is 81.9 cm³/mol. The Bertz CT molecular complexity index is 679. The monoisotopic (exact) mass is 306 g/mol. The number of aliphatic hydroxyl groups is 2. The van der Waals surface area contributed by atoms with Gasteiger partial charge in [-0.2, -0.15) is 0 Å². The van der Waals surface area contributed by atoms with Gasteiger partial charge in [-0.15, -0.1) is 0 Å². The van der Waals surface area contributed by atoms with Crippen LogP contribution >= 0.6 is 0 Å². The summed E-state index contributed by atoms with van der Waals surface area (Å²) in [6.07, 6.45) is 0.633. The van der Waals surface area contributed by atoms with E-state index in [0.29, 0.717) is 23.3 Å². The molecule has 22 heavy (non-hydrogen) atoms. The van der Waals surface area contributed by atoms with Crippen molar-refractivity contribution < 1.29 is 14.9 Å². The molecule has 3 heterocycles. The van der Waals surface area contributed by atoms with Crippen molar-refractivity contribution in [3.8, 4) is 0 Å². The number of ether oxygens (including phenoxy) is 1. The van der Waals surface area contributed by atoms with E-state index in [4.69, 9.17) is 10.5 Å². The normalized spacial score (nSPS) is 29.3. The van der Waals surface area contributed by atoms with Crippen LogP contribution in [-0.4, -0.2) is 43.1 Å². The molecule has 1 aliphatic rings. The first-order valence-electron chi connectivity index (χ1n) is 7.36. The van der Waals surface area contributed by atoms with Gasteiger partial charge in [-0.05, 0) is 17.9 Å². The Morgan fingerprint density at radius 1 is 1.27 bits per heavy atom. The van der Waals surface area contributed by atoms with Gasteiger partial charge < -0.3 is 20.7 Å². The summed E-state index contributed by atoms with van der Waals surface area (Å²) in [5.41, 5.74) is 7.47. The Balaban J connectivity index is 1.93. The lowest BCUT2D eigenvalue weighted by atomic mass is 9.87. The molecule has 7 heteroatoms. The molecule has 2 aromatic rings. The van der Waals surface area contributed by atoms with Gasteiger partial charge in [-0.1, -0.05) is 20.8 Å². The van der Waals surface area contributed by atoms with Gasteiger partial charge in [0.05, 0.1) is 18.1 Å². The van der Waals surface area contributed by atoms with E-state index in [-0.39, 0.29) is 5.41 Å². The molecule has 0 aromatic carbocycles. The highest BCUT2D eigenvalue weighted by atomic mass is 16.6. The molecule has 7 nitrogen and oxygen atoms in total. The van der Waals surface area contributed by atoms with E-state index in [1.54, 1.807) is 16.8 Å². The molecule has 0 spiro atoms. The second kappa shape index (κ2) is 5.19. The van der Waals surface area contributed by atoms with Crippen LogP contribution in [0.3, 0.4) is 0 Å². The molecule has 120 valence electrons. The minimum Gasteiger partial charge on any atom is -0.397 e. The number of imidazole rings is 1. The molecular weight excluding hydrogens is 284 g/mol.